The van der Waals surface area contributed by atoms with E-state index in [0.717, 1.165) is 12.8 Å². The van der Waals surface area contributed by atoms with Crippen molar-refractivity contribution in [1.82, 2.24) is 10.6 Å². The molecule has 0 aromatic carbocycles. The first-order valence-corrected chi connectivity index (χ1v) is 7.04. The molecule has 6 nitrogen and oxygen atoms in total. The minimum Gasteiger partial charge on any atom is -0.481 e. The van der Waals surface area contributed by atoms with Crippen molar-refractivity contribution in [2.45, 2.75) is 25.3 Å². The molecule has 1 saturated carbocycles. The number of carboxylic acid groups (broad SMARTS) is 1. The molecule has 0 radical (unpaired) electrons. The van der Waals surface area contributed by atoms with Crippen LogP contribution in [0.15, 0.2) is 12.2 Å². The number of carbonyl (C=O) groups is 3. The van der Waals surface area contributed by atoms with Gasteiger partial charge in [-0.05, 0) is 24.7 Å². The number of carbonyl (C=O) groups excluding carboxylic acids is 2. The highest BCUT2D eigenvalue weighted by molar-refractivity contribution is 5.87. The van der Waals surface area contributed by atoms with Crippen LogP contribution in [0.2, 0.25) is 0 Å². The number of nitrogens with one attached hydrogen (secondary N) is 2. The molecular formula is C14H18N2O4. The SMILES string of the molecule is O=C1CCC(CNC(=O)C2C3C=CC(C3)C2C(=O)O)N1. The highest BCUT2D eigenvalue weighted by Gasteiger charge is 2.51. The molecule has 5 atom stereocenters. The van der Waals surface area contributed by atoms with E-state index in [1.54, 1.807) is 0 Å². The molecule has 3 aliphatic rings. The molecule has 108 valence electrons. The molecule has 2 amide bonds. The van der Waals surface area contributed by atoms with Gasteiger partial charge in [-0.3, -0.25) is 14.4 Å². The monoisotopic (exact) mass is 278 g/mol. The first-order chi connectivity index (χ1) is 9.56. The fraction of sp³-hybridized carbons (Fsp3) is 0.643. The molecule has 1 saturated heterocycles. The number of fused-ring (bicyclic) bond motifs is 2. The smallest absolute Gasteiger partial charge is 0.307 e. The van der Waals surface area contributed by atoms with Gasteiger partial charge in [0.15, 0.2) is 0 Å². The van der Waals surface area contributed by atoms with Crippen molar-refractivity contribution in [2.24, 2.45) is 23.7 Å². The zero-order valence-corrected chi connectivity index (χ0v) is 11.0. The third-order valence-electron chi connectivity index (χ3n) is 4.65. The summed E-state index contributed by atoms with van der Waals surface area (Å²) in [5.41, 5.74) is 0. The van der Waals surface area contributed by atoms with Crippen LogP contribution in [0, 0.1) is 23.7 Å². The summed E-state index contributed by atoms with van der Waals surface area (Å²) >= 11 is 0. The van der Waals surface area contributed by atoms with Gasteiger partial charge in [0.05, 0.1) is 11.8 Å². The van der Waals surface area contributed by atoms with Gasteiger partial charge in [-0.25, -0.2) is 0 Å². The first-order valence-electron chi connectivity index (χ1n) is 7.04. The van der Waals surface area contributed by atoms with Gasteiger partial charge in [-0.1, -0.05) is 12.2 Å². The molecule has 0 aromatic rings. The minimum absolute atomic E-state index is 0.00974. The van der Waals surface area contributed by atoms with E-state index >= 15 is 0 Å². The largest absolute Gasteiger partial charge is 0.481 e. The van der Waals surface area contributed by atoms with Crippen LogP contribution >= 0.6 is 0 Å². The second-order valence-electron chi connectivity index (χ2n) is 5.89. The summed E-state index contributed by atoms with van der Waals surface area (Å²) < 4.78 is 0. The summed E-state index contributed by atoms with van der Waals surface area (Å²) in [5.74, 6) is -2.14. The molecule has 0 spiro atoms. The molecule has 1 heterocycles. The highest BCUT2D eigenvalue weighted by atomic mass is 16.4. The van der Waals surface area contributed by atoms with Gasteiger partial charge in [0.25, 0.3) is 0 Å². The van der Waals surface area contributed by atoms with Crippen molar-refractivity contribution in [3.05, 3.63) is 12.2 Å². The summed E-state index contributed by atoms with van der Waals surface area (Å²) in [6.07, 6.45) is 5.86. The van der Waals surface area contributed by atoms with E-state index in [1.165, 1.54) is 0 Å². The van der Waals surface area contributed by atoms with Gasteiger partial charge in [-0.15, -0.1) is 0 Å². The van der Waals surface area contributed by atoms with Crippen molar-refractivity contribution < 1.29 is 19.5 Å². The molecule has 3 rings (SSSR count). The Morgan fingerprint density at radius 2 is 2.00 bits per heavy atom. The van der Waals surface area contributed by atoms with Gasteiger partial charge >= 0.3 is 5.97 Å². The molecule has 2 bridgehead atoms. The fourth-order valence-corrected chi connectivity index (χ4v) is 3.69. The van der Waals surface area contributed by atoms with Crippen LogP contribution in [0.5, 0.6) is 0 Å². The van der Waals surface area contributed by atoms with Crippen molar-refractivity contribution in [2.75, 3.05) is 6.54 Å². The topological polar surface area (TPSA) is 95.5 Å². The second-order valence-corrected chi connectivity index (χ2v) is 5.89. The standard InChI is InChI=1S/C14H18N2O4/c17-10-4-3-9(16-10)6-15-13(18)11-7-1-2-8(5-7)12(11)14(19)20/h1-2,7-9,11-12H,3-6H2,(H,15,18)(H,16,17)(H,19,20). The molecule has 1 aliphatic heterocycles. The normalized spacial score (nSPS) is 38.0. The molecule has 6 heteroatoms. The Labute approximate surface area is 116 Å². The molecule has 5 unspecified atom stereocenters. The molecule has 0 aromatic heterocycles. The van der Waals surface area contributed by atoms with Crippen LogP contribution in [0.4, 0.5) is 0 Å². The molecule has 20 heavy (non-hydrogen) atoms. The fourth-order valence-electron chi connectivity index (χ4n) is 3.69. The maximum atomic E-state index is 12.3. The van der Waals surface area contributed by atoms with Gasteiger partial charge in [0, 0.05) is 19.0 Å². The summed E-state index contributed by atoms with van der Waals surface area (Å²) in [5, 5.41) is 14.9. The van der Waals surface area contributed by atoms with Gasteiger partial charge in [-0.2, -0.15) is 0 Å². The Morgan fingerprint density at radius 3 is 2.60 bits per heavy atom. The molecule has 2 aliphatic carbocycles. The van der Waals surface area contributed by atoms with E-state index in [2.05, 4.69) is 10.6 Å². The average Bonchev–Trinajstić information content (AvgIpc) is 3.10. The Kier molecular flexibility index (Phi) is 3.23. The van der Waals surface area contributed by atoms with E-state index < -0.39 is 17.8 Å². The van der Waals surface area contributed by atoms with Crippen molar-refractivity contribution in [3.8, 4) is 0 Å². The van der Waals surface area contributed by atoms with Gasteiger partial charge in [0.1, 0.15) is 0 Å². The lowest BCUT2D eigenvalue weighted by molar-refractivity contribution is -0.147. The third kappa shape index (κ3) is 2.19. The maximum Gasteiger partial charge on any atom is 0.307 e. The first kappa shape index (κ1) is 13.1. The molecular weight excluding hydrogens is 260 g/mol. The zero-order valence-electron chi connectivity index (χ0n) is 11.0. The maximum absolute atomic E-state index is 12.3. The molecule has 2 fully saturated rings. The summed E-state index contributed by atoms with van der Waals surface area (Å²) in [4.78, 5) is 34.7. The Hall–Kier alpha value is -1.85. The zero-order chi connectivity index (χ0) is 14.3. The lowest BCUT2D eigenvalue weighted by Crippen LogP contribution is -2.44. The van der Waals surface area contributed by atoms with Crippen molar-refractivity contribution in [3.63, 3.8) is 0 Å². The van der Waals surface area contributed by atoms with Crippen LogP contribution in [0.1, 0.15) is 19.3 Å². The van der Waals surface area contributed by atoms with Crippen LogP contribution < -0.4 is 10.6 Å². The number of aliphatic carboxylic acids is 1. The van der Waals surface area contributed by atoms with Crippen molar-refractivity contribution in [1.29, 1.82) is 0 Å². The van der Waals surface area contributed by atoms with Gasteiger partial charge < -0.3 is 15.7 Å². The van der Waals surface area contributed by atoms with E-state index in [1.807, 2.05) is 12.2 Å². The lowest BCUT2D eigenvalue weighted by Gasteiger charge is -2.24. The number of hydrogen-bond acceptors (Lipinski definition) is 3. The average molecular weight is 278 g/mol. The number of rotatable bonds is 4. The van der Waals surface area contributed by atoms with E-state index in [-0.39, 0.29) is 29.7 Å². The number of carboxylic acids is 1. The molecule has 3 N–H and O–H groups in total. The number of hydrogen-bond donors (Lipinski definition) is 3. The Bertz CT molecular complexity index is 488. The van der Waals surface area contributed by atoms with Crippen LogP contribution in [0.25, 0.3) is 0 Å². The van der Waals surface area contributed by atoms with E-state index in [9.17, 15) is 19.5 Å². The Balaban J connectivity index is 1.60. The highest BCUT2D eigenvalue weighted by Crippen LogP contribution is 2.48. The second kappa shape index (κ2) is 4.92. The number of amides is 2. The predicted molar refractivity (Wildman–Crippen MR) is 69.5 cm³/mol. The van der Waals surface area contributed by atoms with E-state index in [4.69, 9.17) is 0 Å². The third-order valence-corrected chi connectivity index (χ3v) is 4.65. The summed E-state index contributed by atoms with van der Waals surface area (Å²) in [7, 11) is 0. The van der Waals surface area contributed by atoms with E-state index in [0.29, 0.717) is 13.0 Å². The van der Waals surface area contributed by atoms with Crippen molar-refractivity contribution >= 4 is 17.8 Å². The van der Waals surface area contributed by atoms with Crippen LogP contribution in [-0.2, 0) is 14.4 Å². The predicted octanol–water partition coefficient (Wildman–Crippen LogP) is -0.0959. The van der Waals surface area contributed by atoms with Crippen LogP contribution in [0.3, 0.4) is 0 Å². The summed E-state index contributed by atoms with van der Waals surface area (Å²) in [6, 6.07) is -0.0242. The Morgan fingerprint density at radius 1 is 1.30 bits per heavy atom. The quantitative estimate of drug-likeness (QED) is 0.626. The number of allylic oxidation sites excluding steroid dienone is 2. The summed E-state index contributed by atoms with van der Waals surface area (Å²) in [6.45, 7) is 0.383. The minimum atomic E-state index is -0.892. The van der Waals surface area contributed by atoms with Gasteiger partial charge in [0.2, 0.25) is 11.8 Å². The lowest BCUT2D eigenvalue weighted by atomic mass is 9.82. The van der Waals surface area contributed by atoms with Crippen LogP contribution in [-0.4, -0.2) is 35.5 Å².